The first-order valence-corrected chi connectivity index (χ1v) is 14.3. The number of hydrogen-bond acceptors (Lipinski definition) is 8. The van der Waals surface area contributed by atoms with Crippen molar-refractivity contribution in [2.45, 2.75) is 12.6 Å². The Morgan fingerprint density at radius 2 is 1.79 bits per heavy atom. The van der Waals surface area contributed by atoms with Gasteiger partial charge < -0.3 is 25.2 Å². The van der Waals surface area contributed by atoms with Gasteiger partial charge in [0.15, 0.2) is 5.69 Å². The van der Waals surface area contributed by atoms with Gasteiger partial charge in [-0.2, -0.15) is 13.2 Å². The highest BCUT2D eigenvalue weighted by Crippen LogP contribution is 2.40. The number of hydrogen-bond donors (Lipinski definition) is 2. The van der Waals surface area contributed by atoms with Gasteiger partial charge in [-0.3, -0.25) is 9.69 Å². The number of halogens is 4. The molecule has 0 atom stereocenters. The highest BCUT2D eigenvalue weighted by molar-refractivity contribution is 6.30. The molecule has 0 saturated carbocycles. The van der Waals surface area contributed by atoms with Crippen LogP contribution in [-0.4, -0.2) is 103 Å². The quantitative estimate of drug-likeness (QED) is 0.355. The number of benzene rings is 2. The molecule has 3 aromatic rings. The molecule has 42 heavy (non-hydrogen) atoms. The van der Waals surface area contributed by atoms with Gasteiger partial charge in [0, 0.05) is 50.8 Å². The Kier molecular flexibility index (Phi) is 9.51. The number of likely N-dealkylation sites (N-methyl/N-ethyl adjacent to an activating group) is 1. The van der Waals surface area contributed by atoms with Crippen LogP contribution in [0.3, 0.4) is 0 Å². The van der Waals surface area contributed by atoms with Crippen LogP contribution in [0.4, 0.5) is 30.2 Å². The molecule has 2 fully saturated rings. The topological polar surface area (TPSA) is 90.8 Å². The van der Waals surface area contributed by atoms with Crippen LogP contribution in [0.5, 0.6) is 0 Å². The summed E-state index contributed by atoms with van der Waals surface area (Å²) in [5.74, 6) is -0.341. The maximum atomic E-state index is 13.9. The van der Waals surface area contributed by atoms with Gasteiger partial charge in [-0.1, -0.05) is 16.8 Å². The fourth-order valence-electron chi connectivity index (χ4n) is 5.01. The van der Waals surface area contributed by atoms with E-state index in [1.807, 2.05) is 19.2 Å². The van der Waals surface area contributed by atoms with Crippen molar-refractivity contribution in [1.82, 2.24) is 30.1 Å². The third-order valence-corrected chi connectivity index (χ3v) is 7.65. The molecular formula is C28H34ClF3N8O2. The van der Waals surface area contributed by atoms with Gasteiger partial charge in [-0.05, 0) is 56.4 Å². The van der Waals surface area contributed by atoms with Crippen LogP contribution in [0.2, 0.25) is 5.02 Å². The molecule has 14 heteroatoms. The number of carbonyl (C=O) groups is 1. The van der Waals surface area contributed by atoms with Gasteiger partial charge in [0.05, 0.1) is 47.7 Å². The Morgan fingerprint density at radius 1 is 1.02 bits per heavy atom. The standard InChI is InChI=1S/C28H34ClF3N8O2/c1-37-9-11-39(12-10-37)26-6-4-21(18-24(26)34-23-5-3-20(29)17-22(23)28(30,31)32)40-19-25(35-36-40)27(41)33-7-2-8-38-13-15-42-16-14-38/h3-6,17-19,34H,2,7-16H2,1H3,(H,33,41). The number of anilines is 3. The van der Waals surface area contributed by atoms with Crippen molar-refractivity contribution in [2.24, 2.45) is 0 Å². The summed E-state index contributed by atoms with van der Waals surface area (Å²) in [6, 6.07) is 9.02. The number of piperazine rings is 1. The summed E-state index contributed by atoms with van der Waals surface area (Å²) < 4.78 is 48.4. The molecule has 0 radical (unpaired) electrons. The van der Waals surface area contributed by atoms with Crippen molar-refractivity contribution < 1.29 is 22.7 Å². The molecule has 3 heterocycles. The molecular weight excluding hydrogens is 573 g/mol. The molecule has 2 aliphatic rings. The summed E-state index contributed by atoms with van der Waals surface area (Å²) in [6.45, 7) is 7.69. The Balaban J connectivity index is 1.34. The lowest BCUT2D eigenvalue weighted by Crippen LogP contribution is -2.44. The number of aromatic nitrogens is 3. The van der Waals surface area contributed by atoms with Crippen LogP contribution < -0.4 is 15.5 Å². The molecule has 10 nitrogen and oxygen atoms in total. The van der Waals surface area contributed by atoms with Gasteiger partial charge >= 0.3 is 6.18 Å². The van der Waals surface area contributed by atoms with E-state index < -0.39 is 11.7 Å². The predicted octanol–water partition coefficient (Wildman–Crippen LogP) is 3.89. The van der Waals surface area contributed by atoms with Crippen LogP contribution in [0, 0.1) is 0 Å². The van der Waals surface area contributed by atoms with E-state index in [-0.39, 0.29) is 22.3 Å². The summed E-state index contributed by atoms with van der Waals surface area (Å²) in [6.07, 6.45) is -2.29. The molecule has 2 N–H and O–H groups in total. The number of morpholine rings is 1. The Morgan fingerprint density at radius 3 is 2.52 bits per heavy atom. The summed E-state index contributed by atoms with van der Waals surface area (Å²) in [4.78, 5) is 19.3. The van der Waals surface area contributed by atoms with Crippen LogP contribution in [0.1, 0.15) is 22.5 Å². The highest BCUT2D eigenvalue weighted by Gasteiger charge is 2.34. The lowest BCUT2D eigenvalue weighted by Gasteiger charge is -2.35. The molecule has 0 bridgehead atoms. The van der Waals surface area contributed by atoms with E-state index >= 15 is 0 Å². The number of alkyl halides is 3. The molecule has 1 aromatic heterocycles. The molecule has 0 unspecified atom stereocenters. The lowest BCUT2D eigenvalue weighted by atomic mass is 10.1. The summed E-state index contributed by atoms with van der Waals surface area (Å²) >= 11 is 5.90. The van der Waals surface area contributed by atoms with Crippen LogP contribution in [-0.2, 0) is 10.9 Å². The van der Waals surface area contributed by atoms with Crippen molar-refractivity contribution >= 4 is 34.6 Å². The zero-order valence-electron chi connectivity index (χ0n) is 23.3. The summed E-state index contributed by atoms with van der Waals surface area (Å²) in [5, 5.41) is 14.0. The molecule has 5 rings (SSSR count). The number of nitrogens with one attached hydrogen (secondary N) is 2. The Hall–Kier alpha value is -3.39. The van der Waals surface area contributed by atoms with E-state index in [0.717, 1.165) is 77.2 Å². The van der Waals surface area contributed by atoms with Crippen molar-refractivity contribution in [3.63, 3.8) is 0 Å². The van der Waals surface area contributed by atoms with Crippen molar-refractivity contribution in [3.8, 4) is 5.69 Å². The number of carbonyl (C=O) groups excluding carboxylic acids is 1. The zero-order valence-corrected chi connectivity index (χ0v) is 24.1. The lowest BCUT2D eigenvalue weighted by molar-refractivity contribution is -0.136. The molecule has 1 amide bonds. The molecule has 226 valence electrons. The van der Waals surface area contributed by atoms with Gasteiger partial charge in [0.1, 0.15) is 0 Å². The minimum atomic E-state index is -4.60. The second-order valence-corrected chi connectivity index (χ2v) is 10.9. The summed E-state index contributed by atoms with van der Waals surface area (Å²) in [5.41, 5.74) is 0.934. The molecule has 0 spiro atoms. The van der Waals surface area contributed by atoms with E-state index in [4.69, 9.17) is 16.3 Å². The van der Waals surface area contributed by atoms with Gasteiger partial charge in [-0.15, -0.1) is 5.10 Å². The summed E-state index contributed by atoms with van der Waals surface area (Å²) in [7, 11) is 2.03. The second kappa shape index (κ2) is 13.3. The van der Waals surface area contributed by atoms with E-state index in [9.17, 15) is 18.0 Å². The number of amides is 1. The Bertz CT molecular complexity index is 1370. The van der Waals surface area contributed by atoms with Gasteiger partial charge in [0.25, 0.3) is 5.91 Å². The van der Waals surface area contributed by atoms with E-state index in [1.165, 1.54) is 23.0 Å². The highest BCUT2D eigenvalue weighted by atomic mass is 35.5. The third kappa shape index (κ3) is 7.51. The molecule has 2 saturated heterocycles. The average Bonchev–Trinajstić information content (AvgIpc) is 3.47. The number of ether oxygens (including phenoxy) is 1. The van der Waals surface area contributed by atoms with Crippen LogP contribution in [0.15, 0.2) is 42.6 Å². The second-order valence-electron chi connectivity index (χ2n) is 10.4. The molecule has 2 aromatic carbocycles. The van der Waals surface area contributed by atoms with E-state index in [0.29, 0.717) is 17.9 Å². The number of nitrogens with zero attached hydrogens (tertiary/aromatic N) is 6. The fraction of sp³-hybridized carbons (Fsp3) is 0.464. The first kappa shape index (κ1) is 30.1. The van der Waals surface area contributed by atoms with E-state index in [2.05, 4.69) is 35.6 Å². The predicted molar refractivity (Wildman–Crippen MR) is 155 cm³/mol. The van der Waals surface area contributed by atoms with Crippen molar-refractivity contribution in [3.05, 3.63) is 58.9 Å². The smallest absolute Gasteiger partial charge is 0.379 e. The first-order valence-electron chi connectivity index (χ1n) is 13.9. The largest absolute Gasteiger partial charge is 0.418 e. The zero-order chi connectivity index (χ0) is 29.7. The minimum absolute atomic E-state index is 0.00423. The maximum Gasteiger partial charge on any atom is 0.418 e. The minimum Gasteiger partial charge on any atom is -0.379 e. The van der Waals surface area contributed by atoms with E-state index in [1.54, 1.807) is 6.07 Å². The number of rotatable bonds is 9. The van der Waals surface area contributed by atoms with Gasteiger partial charge in [0.2, 0.25) is 0 Å². The average molecular weight is 607 g/mol. The normalized spacial score (nSPS) is 16.9. The first-order chi connectivity index (χ1) is 20.2. The van der Waals surface area contributed by atoms with Crippen LogP contribution in [0.25, 0.3) is 5.69 Å². The van der Waals surface area contributed by atoms with Crippen molar-refractivity contribution in [2.75, 3.05) is 82.8 Å². The third-order valence-electron chi connectivity index (χ3n) is 7.41. The van der Waals surface area contributed by atoms with Crippen LogP contribution >= 0.6 is 11.6 Å². The Labute approximate surface area is 247 Å². The maximum absolute atomic E-state index is 13.9. The van der Waals surface area contributed by atoms with Crippen molar-refractivity contribution in [1.29, 1.82) is 0 Å². The molecule has 0 aliphatic carbocycles. The fourth-order valence-corrected chi connectivity index (χ4v) is 5.18. The van der Waals surface area contributed by atoms with Gasteiger partial charge in [-0.25, -0.2) is 4.68 Å². The SMILES string of the molecule is CN1CCN(c2ccc(-n3cc(C(=O)NCCCN4CCOCC4)nn3)cc2Nc2ccc(Cl)cc2C(F)(F)F)CC1. The molecule has 2 aliphatic heterocycles. The monoisotopic (exact) mass is 606 g/mol.